The third-order valence-corrected chi connectivity index (χ3v) is 3.41. The van der Waals surface area contributed by atoms with Crippen LogP contribution in [0.4, 0.5) is 0 Å². The quantitative estimate of drug-likeness (QED) is 0.790. The zero-order valence-corrected chi connectivity index (χ0v) is 12.0. The molecule has 19 heavy (non-hydrogen) atoms. The van der Waals surface area contributed by atoms with Gasteiger partial charge in [-0.05, 0) is 30.7 Å². The number of amides is 1. The minimum atomic E-state index is -0.694. The van der Waals surface area contributed by atoms with Gasteiger partial charge < -0.3 is 15.7 Å². The van der Waals surface area contributed by atoms with Gasteiger partial charge in [-0.3, -0.25) is 4.79 Å². The maximum Gasteiger partial charge on any atom is 0.224 e. The van der Waals surface area contributed by atoms with E-state index >= 15 is 0 Å². The van der Waals surface area contributed by atoms with E-state index in [-0.39, 0.29) is 30.8 Å². The molecule has 2 atom stereocenters. The molecule has 1 aromatic carbocycles. The average Bonchev–Trinajstić information content (AvgIpc) is 2.90. The molecule has 2 rings (SSSR count). The molecule has 0 bridgehead atoms. The van der Waals surface area contributed by atoms with Crippen molar-refractivity contribution in [2.45, 2.75) is 12.5 Å². The number of nitrogens with one attached hydrogen (secondary N) is 2. The molecule has 1 fully saturated rings. The van der Waals surface area contributed by atoms with Gasteiger partial charge in [-0.2, -0.15) is 0 Å². The van der Waals surface area contributed by atoms with Gasteiger partial charge in [0.2, 0.25) is 5.91 Å². The molecule has 0 aliphatic carbocycles. The van der Waals surface area contributed by atoms with E-state index in [9.17, 15) is 9.90 Å². The molecule has 6 heteroatoms. The van der Waals surface area contributed by atoms with E-state index in [2.05, 4.69) is 10.6 Å². The largest absolute Gasteiger partial charge is 0.387 e. The Morgan fingerprint density at radius 2 is 2.16 bits per heavy atom. The van der Waals surface area contributed by atoms with Gasteiger partial charge in [-0.15, -0.1) is 12.4 Å². The predicted octanol–water partition coefficient (Wildman–Crippen LogP) is 1.52. The number of benzene rings is 1. The summed E-state index contributed by atoms with van der Waals surface area (Å²) in [5.74, 6) is 0.0374. The third kappa shape index (κ3) is 4.66. The van der Waals surface area contributed by atoms with Crippen molar-refractivity contribution < 1.29 is 9.90 Å². The Morgan fingerprint density at radius 3 is 2.74 bits per heavy atom. The summed E-state index contributed by atoms with van der Waals surface area (Å²) >= 11 is 5.77. The summed E-state index contributed by atoms with van der Waals surface area (Å²) in [6.07, 6.45) is 0.170. The molecule has 1 heterocycles. The van der Waals surface area contributed by atoms with E-state index in [1.807, 2.05) is 0 Å². The number of halogens is 2. The lowest BCUT2D eigenvalue weighted by atomic mass is 10.1. The van der Waals surface area contributed by atoms with E-state index in [4.69, 9.17) is 11.6 Å². The molecular weight excluding hydrogens is 287 g/mol. The lowest BCUT2D eigenvalue weighted by molar-refractivity contribution is -0.124. The van der Waals surface area contributed by atoms with Crippen LogP contribution < -0.4 is 10.6 Å². The topological polar surface area (TPSA) is 61.4 Å². The summed E-state index contributed by atoms with van der Waals surface area (Å²) in [6, 6.07) is 6.97. The van der Waals surface area contributed by atoms with Crippen LogP contribution in [0.2, 0.25) is 5.02 Å². The van der Waals surface area contributed by atoms with Crippen LogP contribution >= 0.6 is 24.0 Å². The molecule has 1 amide bonds. The number of rotatable bonds is 4. The van der Waals surface area contributed by atoms with Crippen molar-refractivity contribution in [2.75, 3.05) is 19.6 Å². The van der Waals surface area contributed by atoms with Crippen molar-refractivity contribution in [2.24, 2.45) is 5.92 Å². The summed E-state index contributed by atoms with van der Waals surface area (Å²) in [6.45, 7) is 1.84. The van der Waals surface area contributed by atoms with Crippen LogP contribution in [0.5, 0.6) is 0 Å². The SMILES string of the molecule is Cl.O=C(NCC(O)c1ccc(Cl)cc1)C1CCNC1. The Kier molecular flexibility index (Phi) is 6.58. The van der Waals surface area contributed by atoms with Crippen LogP contribution in [0.15, 0.2) is 24.3 Å². The molecule has 1 aliphatic rings. The molecule has 2 unspecified atom stereocenters. The first-order chi connectivity index (χ1) is 8.66. The van der Waals surface area contributed by atoms with Crippen molar-refractivity contribution in [3.63, 3.8) is 0 Å². The van der Waals surface area contributed by atoms with E-state index in [1.54, 1.807) is 24.3 Å². The maximum atomic E-state index is 11.8. The predicted molar refractivity (Wildman–Crippen MR) is 77.6 cm³/mol. The summed E-state index contributed by atoms with van der Waals surface area (Å²) in [5.41, 5.74) is 0.754. The first-order valence-corrected chi connectivity index (χ1v) is 6.46. The molecular formula is C13H18Cl2N2O2. The van der Waals surface area contributed by atoms with Gasteiger partial charge in [-0.1, -0.05) is 23.7 Å². The smallest absolute Gasteiger partial charge is 0.224 e. The maximum absolute atomic E-state index is 11.8. The first-order valence-electron chi connectivity index (χ1n) is 6.09. The fraction of sp³-hybridized carbons (Fsp3) is 0.462. The summed E-state index contributed by atoms with van der Waals surface area (Å²) < 4.78 is 0. The van der Waals surface area contributed by atoms with E-state index in [0.717, 1.165) is 25.1 Å². The molecule has 1 saturated heterocycles. The van der Waals surface area contributed by atoms with E-state index in [1.165, 1.54) is 0 Å². The molecule has 3 N–H and O–H groups in total. The van der Waals surface area contributed by atoms with Crippen molar-refractivity contribution in [1.82, 2.24) is 10.6 Å². The molecule has 0 saturated carbocycles. The Balaban J connectivity index is 0.00000180. The summed E-state index contributed by atoms with van der Waals surface area (Å²) in [5, 5.41) is 16.5. The fourth-order valence-electron chi connectivity index (χ4n) is 2.02. The van der Waals surface area contributed by atoms with Crippen molar-refractivity contribution >= 4 is 29.9 Å². The van der Waals surface area contributed by atoms with Crippen molar-refractivity contribution in [3.05, 3.63) is 34.9 Å². The van der Waals surface area contributed by atoms with Gasteiger partial charge in [0, 0.05) is 18.1 Å². The van der Waals surface area contributed by atoms with E-state index < -0.39 is 6.10 Å². The molecule has 4 nitrogen and oxygen atoms in total. The number of hydrogen-bond acceptors (Lipinski definition) is 3. The molecule has 0 aromatic heterocycles. The summed E-state index contributed by atoms with van der Waals surface area (Å²) in [7, 11) is 0. The highest BCUT2D eigenvalue weighted by molar-refractivity contribution is 6.30. The van der Waals surface area contributed by atoms with Crippen LogP contribution in [0.25, 0.3) is 0 Å². The fourth-order valence-corrected chi connectivity index (χ4v) is 2.15. The lowest BCUT2D eigenvalue weighted by Gasteiger charge is -2.14. The van der Waals surface area contributed by atoms with Crippen molar-refractivity contribution in [1.29, 1.82) is 0 Å². The average molecular weight is 305 g/mol. The van der Waals surface area contributed by atoms with Crippen LogP contribution in [0.3, 0.4) is 0 Å². The highest BCUT2D eigenvalue weighted by Gasteiger charge is 2.22. The molecule has 0 spiro atoms. The van der Waals surface area contributed by atoms with Gasteiger partial charge in [0.25, 0.3) is 0 Å². The standard InChI is InChI=1S/C13H17ClN2O2.ClH/c14-11-3-1-9(2-4-11)12(17)8-16-13(18)10-5-6-15-7-10;/h1-4,10,12,15,17H,5-8H2,(H,16,18);1H. The number of carbonyl (C=O) groups is 1. The Bertz CT molecular complexity index is 406. The summed E-state index contributed by atoms with van der Waals surface area (Å²) in [4.78, 5) is 11.8. The van der Waals surface area contributed by atoms with Gasteiger partial charge in [0.1, 0.15) is 0 Å². The Hall–Kier alpha value is -0.810. The van der Waals surface area contributed by atoms with Crippen LogP contribution in [-0.2, 0) is 4.79 Å². The highest BCUT2D eigenvalue weighted by atomic mass is 35.5. The Labute approximate surface area is 123 Å². The van der Waals surface area contributed by atoms with Gasteiger partial charge in [0.05, 0.1) is 12.0 Å². The van der Waals surface area contributed by atoms with Crippen LogP contribution in [-0.4, -0.2) is 30.6 Å². The minimum Gasteiger partial charge on any atom is -0.387 e. The van der Waals surface area contributed by atoms with Gasteiger partial charge >= 0.3 is 0 Å². The second-order valence-corrected chi connectivity index (χ2v) is 4.94. The second kappa shape index (κ2) is 7.70. The molecule has 0 radical (unpaired) electrons. The lowest BCUT2D eigenvalue weighted by Crippen LogP contribution is -2.34. The number of aliphatic hydroxyl groups is 1. The first kappa shape index (κ1) is 16.2. The molecule has 1 aromatic rings. The van der Waals surface area contributed by atoms with Gasteiger partial charge in [0.15, 0.2) is 0 Å². The zero-order chi connectivity index (χ0) is 13.0. The third-order valence-electron chi connectivity index (χ3n) is 3.16. The van der Waals surface area contributed by atoms with Crippen LogP contribution in [0, 0.1) is 5.92 Å². The van der Waals surface area contributed by atoms with Crippen LogP contribution in [0.1, 0.15) is 18.1 Å². The van der Waals surface area contributed by atoms with Gasteiger partial charge in [-0.25, -0.2) is 0 Å². The molecule has 106 valence electrons. The minimum absolute atomic E-state index is 0. The highest BCUT2D eigenvalue weighted by Crippen LogP contribution is 2.16. The Morgan fingerprint density at radius 1 is 1.47 bits per heavy atom. The number of carbonyl (C=O) groups excluding carboxylic acids is 1. The molecule has 1 aliphatic heterocycles. The van der Waals surface area contributed by atoms with E-state index in [0.29, 0.717) is 5.02 Å². The zero-order valence-electron chi connectivity index (χ0n) is 10.4. The monoisotopic (exact) mass is 304 g/mol. The normalized spacial score (nSPS) is 19.6. The van der Waals surface area contributed by atoms with Crippen molar-refractivity contribution in [3.8, 4) is 0 Å². The number of hydrogen-bond donors (Lipinski definition) is 3. The number of aliphatic hydroxyl groups excluding tert-OH is 1. The second-order valence-electron chi connectivity index (χ2n) is 4.50.